The lowest BCUT2D eigenvalue weighted by molar-refractivity contribution is -0.0512. The Morgan fingerprint density at radius 3 is 2.62 bits per heavy atom. The van der Waals surface area contributed by atoms with Gasteiger partial charge in [-0.15, -0.1) is 0 Å². The van der Waals surface area contributed by atoms with Crippen LogP contribution in [0.25, 0.3) is 0 Å². The quantitative estimate of drug-likeness (QED) is 0.876. The molecular formula is C14H16F2N2O3. The number of carbonyl (C=O) groups is 1. The van der Waals surface area contributed by atoms with Gasteiger partial charge in [-0.25, -0.2) is 0 Å². The number of carbonyl (C=O) groups excluding carboxylic acids is 1. The average molecular weight is 298 g/mol. The van der Waals surface area contributed by atoms with Gasteiger partial charge in [0.1, 0.15) is 5.54 Å². The van der Waals surface area contributed by atoms with Crippen molar-refractivity contribution in [3.8, 4) is 17.6 Å². The van der Waals surface area contributed by atoms with Crippen molar-refractivity contribution >= 4 is 5.91 Å². The van der Waals surface area contributed by atoms with E-state index in [-0.39, 0.29) is 17.1 Å². The number of alkyl halides is 2. The summed E-state index contributed by atoms with van der Waals surface area (Å²) in [5, 5.41) is 11.6. The molecule has 0 unspecified atom stereocenters. The fraction of sp³-hybridized carbons (Fsp3) is 0.429. The first-order valence-corrected chi connectivity index (χ1v) is 6.22. The highest BCUT2D eigenvalue weighted by Gasteiger charge is 2.25. The number of hydrogen-bond donors (Lipinski definition) is 1. The third-order valence-corrected chi connectivity index (χ3v) is 2.99. The first-order valence-electron chi connectivity index (χ1n) is 6.22. The van der Waals surface area contributed by atoms with E-state index in [1.54, 1.807) is 13.8 Å². The highest BCUT2D eigenvalue weighted by Crippen LogP contribution is 2.29. The van der Waals surface area contributed by atoms with Gasteiger partial charge >= 0.3 is 6.61 Å². The molecule has 0 aliphatic rings. The second-order valence-electron chi connectivity index (χ2n) is 4.50. The summed E-state index contributed by atoms with van der Waals surface area (Å²) < 4.78 is 33.6. The van der Waals surface area contributed by atoms with Crippen LogP contribution >= 0.6 is 0 Å². The normalized spacial score (nSPS) is 13.2. The number of rotatable bonds is 6. The maximum absolute atomic E-state index is 12.2. The lowest BCUT2D eigenvalue weighted by atomic mass is 10.0. The molecule has 0 bridgehead atoms. The van der Waals surface area contributed by atoms with Crippen LogP contribution in [0.3, 0.4) is 0 Å². The van der Waals surface area contributed by atoms with Crippen molar-refractivity contribution in [1.82, 2.24) is 5.32 Å². The molecule has 5 nitrogen and oxygen atoms in total. The van der Waals surface area contributed by atoms with Crippen molar-refractivity contribution in [2.24, 2.45) is 0 Å². The molecule has 0 spiro atoms. The molecule has 0 heterocycles. The molecule has 114 valence electrons. The summed E-state index contributed by atoms with van der Waals surface area (Å²) >= 11 is 0. The Balaban J connectivity index is 2.99. The van der Waals surface area contributed by atoms with E-state index in [1.165, 1.54) is 25.3 Å². The lowest BCUT2D eigenvalue weighted by Crippen LogP contribution is -2.44. The first-order chi connectivity index (χ1) is 9.85. The summed E-state index contributed by atoms with van der Waals surface area (Å²) in [5.41, 5.74) is -0.814. The van der Waals surface area contributed by atoms with Crippen molar-refractivity contribution in [2.45, 2.75) is 32.4 Å². The third kappa shape index (κ3) is 4.31. The largest absolute Gasteiger partial charge is 0.493 e. The highest BCUT2D eigenvalue weighted by molar-refractivity contribution is 5.95. The van der Waals surface area contributed by atoms with E-state index in [0.717, 1.165) is 0 Å². The van der Waals surface area contributed by atoms with Gasteiger partial charge < -0.3 is 14.8 Å². The number of methoxy groups -OCH3 is 1. The summed E-state index contributed by atoms with van der Waals surface area (Å²) in [6.07, 6.45) is 0.430. The number of benzene rings is 1. The van der Waals surface area contributed by atoms with Crippen LogP contribution < -0.4 is 14.8 Å². The van der Waals surface area contributed by atoms with Crippen LogP contribution in [0.1, 0.15) is 30.6 Å². The summed E-state index contributed by atoms with van der Waals surface area (Å²) in [7, 11) is 1.28. The number of ether oxygens (including phenoxy) is 2. The predicted molar refractivity (Wildman–Crippen MR) is 71.4 cm³/mol. The van der Waals surface area contributed by atoms with Crippen LogP contribution in [0, 0.1) is 11.3 Å². The van der Waals surface area contributed by atoms with Gasteiger partial charge in [0.25, 0.3) is 5.91 Å². The van der Waals surface area contributed by atoms with Gasteiger partial charge in [0, 0.05) is 5.56 Å². The molecule has 1 atom stereocenters. The van der Waals surface area contributed by atoms with Crippen molar-refractivity contribution < 1.29 is 23.0 Å². The summed E-state index contributed by atoms with van der Waals surface area (Å²) in [4.78, 5) is 12.1. The number of nitrogens with zero attached hydrogens (tertiary/aromatic N) is 1. The van der Waals surface area contributed by atoms with Gasteiger partial charge in [-0.1, -0.05) is 6.92 Å². The number of nitriles is 1. The Morgan fingerprint density at radius 2 is 2.14 bits per heavy atom. The third-order valence-electron chi connectivity index (χ3n) is 2.99. The molecule has 0 aromatic heterocycles. The van der Waals surface area contributed by atoms with Crippen molar-refractivity contribution in [1.29, 1.82) is 5.26 Å². The van der Waals surface area contributed by atoms with Gasteiger partial charge in [-0.3, -0.25) is 4.79 Å². The number of halogens is 2. The number of hydrogen-bond acceptors (Lipinski definition) is 4. The van der Waals surface area contributed by atoms with E-state index in [0.29, 0.717) is 6.42 Å². The predicted octanol–water partition coefficient (Wildman–Crippen LogP) is 2.72. The van der Waals surface area contributed by atoms with Crippen LogP contribution in [0.5, 0.6) is 11.5 Å². The Morgan fingerprint density at radius 1 is 1.48 bits per heavy atom. The minimum atomic E-state index is -2.99. The van der Waals surface area contributed by atoms with Crippen LogP contribution in [0.15, 0.2) is 18.2 Å². The van der Waals surface area contributed by atoms with E-state index >= 15 is 0 Å². The maximum Gasteiger partial charge on any atom is 0.387 e. The van der Waals surface area contributed by atoms with Crippen molar-refractivity contribution in [3.63, 3.8) is 0 Å². The van der Waals surface area contributed by atoms with Crippen molar-refractivity contribution in [2.75, 3.05) is 7.11 Å². The maximum atomic E-state index is 12.2. The molecule has 0 aliphatic heterocycles. The Kier molecular flexibility index (Phi) is 5.47. The minimum absolute atomic E-state index is 0.0121. The average Bonchev–Trinajstić information content (AvgIpc) is 2.46. The zero-order valence-corrected chi connectivity index (χ0v) is 11.9. The number of amides is 1. The van der Waals surface area contributed by atoms with Crippen LogP contribution in [-0.2, 0) is 0 Å². The molecule has 0 saturated heterocycles. The van der Waals surface area contributed by atoms with Crippen molar-refractivity contribution in [3.05, 3.63) is 23.8 Å². The van der Waals surface area contributed by atoms with Gasteiger partial charge in [-0.05, 0) is 31.5 Å². The van der Waals surface area contributed by atoms with Gasteiger partial charge in [0.05, 0.1) is 13.2 Å². The topological polar surface area (TPSA) is 71.4 Å². The SMILES string of the molecule is CC[C@](C)(C#N)NC(=O)c1ccc(OC(F)F)c(OC)c1. The van der Waals surface area contributed by atoms with Gasteiger partial charge in [-0.2, -0.15) is 14.0 Å². The zero-order chi connectivity index (χ0) is 16.0. The molecule has 0 aliphatic carbocycles. The van der Waals surface area contributed by atoms with E-state index in [9.17, 15) is 13.6 Å². The molecule has 21 heavy (non-hydrogen) atoms. The molecule has 1 amide bonds. The highest BCUT2D eigenvalue weighted by atomic mass is 19.3. The summed E-state index contributed by atoms with van der Waals surface area (Å²) in [6, 6.07) is 5.83. The fourth-order valence-corrected chi connectivity index (χ4v) is 1.52. The van der Waals surface area contributed by atoms with Gasteiger partial charge in [0.2, 0.25) is 0 Å². The summed E-state index contributed by atoms with van der Waals surface area (Å²) in [5.74, 6) is -0.650. The minimum Gasteiger partial charge on any atom is -0.493 e. The molecular weight excluding hydrogens is 282 g/mol. The van der Waals surface area contributed by atoms with Crippen LogP contribution in [0.2, 0.25) is 0 Å². The lowest BCUT2D eigenvalue weighted by Gasteiger charge is -2.21. The van der Waals surface area contributed by atoms with E-state index in [4.69, 9.17) is 10.00 Å². The summed E-state index contributed by atoms with van der Waals surface area (Å²) in [6.45, 7) is 0.376. The molecule has 1 rings (SSSR count). The fourth-order valence-electron chi connectivity index (χ4n) is 1.52. The van der Waals surface area contributed by atoms with E-state index < -0.39 is 18.1 Å². The molecule has 1 aromatic rings. The smallest absolute Gasteiger partial charge is 0.387 e. The van der Waals surface area contributed by atoms with E-state index in [2.05, 4.69) is 10.1 Å². The first kappa shape index (κ1) is 16.7. The van der Waals surface area contributed by atoms with E-state index in [1.807, 2.05) is 6.07 Å². The zero-order valence-electron chi connectivity index (χ0n) is 11.9. The Bertz CT molecular complexity index is 558. The molecule has 1 aromatic carbocycles. The molecule has 0 fully saturated rings. The standard InChI is InChI=1S/C14H16F2N2O3/c1-4-14(2,8-17)18-12(19)9-5-6-10(21-13(15)16)11(7-9)20-3/h5-7,13H,4H2,1-3H3,(H,18,19)/t14-/m1/s1. The van der Waals surface area contributed by atoms with Crippen LogP contribution in [0.4, 0.5) is 8.78 Å². The molecule has 7 heteroatoms. The number of nitrogens with one attached hydrogen (secondary N) is 1. The molecule has 0 saturated carbocycles. The monoisotopic (exact) mass is 298 g/mol. The Hall–Kier alpha value is -2.36. The molecule has 1 N–H and O–H groups in total. The second kappa shape index (κ2) is 6.88. The second-order valence-corrected chi connectivity index (χ2v) is 4.50. The van der Waals surface area contributed by atoms with Gasteiger partial charge in [0.15, 0.2) is 11.5 Å². The molecule has 0 radical (unpaired) electrons. The Labute approximate surface area is 121 Å². The van der Waals surface area contributed by atoms with Crippen LogP contribution in [-0.4, -0.2) is 25.2 Å².